The number of fused-ring (bicyclic) bond motifs is 5. The molecule has 174 valence electrons. The zero-order valence-electron chi connectivity index (χ0n) is 19.8. The third-order valence-corrected chi connectivity index (χ3v) is 8.90. The average molecular weight is 443 g/mol. The SMILES string of the molecule is CC(=O)OC1=CC2=CC[C@@H]3[C@@H]([C@@H](O)C[C@@]4(C)[C@H]3C[C@H](C)[C@]4(OC(C)=O)C(C)=O)[C@@]2(C)C=C1. The predicted octanol–water partition coefficient (Wildman–Crippen LogP) is 3.89. The van der Waals surface area contributed by atoms with Crippen LogP contribution in [-0.2, 0) is 23.9 Å². The monoisotopic (exact) mass is 442 g/mol. The Morgan fingerprint density at radius 1 is 1.12 bits per heavy atom. The summed E-state index contributed by atoms with van der Waals surface area (Å²) >= 11 is 0. The number of carbonyl (C=O) groups excluding carboxylic acids is 3. The fourth-order valence-electron chi connectivity index (χ4n) is 7.90. The van der Waals surface area contributed by atoms with Gasteiger partial charge >= 0.3 is 11.9 Å². The molecule has 0 amide bonds. The van der Waals surface area contributed by atoms with Gasteiger partial charge in [0.25, 0.3) is 0 Å². The van der Waals surface area contributed by atoms with Crippen molar-refractivity contribution in [3.8, 4) is 0 Å². The second kappa shape index (κ2) is 7.41. The molecule has 2 fully saturated rings. The summed E-state index contributed by atoms with van der Waals surface area (Å²) in [5, 5.41) is 11.5. The van der Waals surface area contributed by atoms with Crippen LogP contribution in [0.4, 0.5) is 0 Å². The molecule has 2 saturated carbocycles. The highest BCUT2D eigenvalue weighted by Crippen LogP contribution is 2.68. The normalized spacial score (nSPS) is 44.4. The number of allylic oxidation sites excluding steroid dienone is 5. The summed E-state index contributed by atoms with van der Waals surface area (Å²) in [5.74, 6) is -0.337. The van der Waals surface area contributed by atoms with Crippen molar-refractivity contribution in [3.63, 3.8) is 0 Å². The van der Waals surface area contributed by atoms with E-state index in [0.717, 1.165) is 18.4 Å². The van der Waals surface area contributed by atoms with E-state index in [4.69, 9.17) is 9.47 Å². The molecule has 0 aromatic heterocycles. The van der Waals surface area contributed by atoms with Gasteiger partial charge in [0.05, 0.1) is 6.10 Å². The summed E-state index contributed by atoms with van der Waals surface area (Å²) in [5.41, 5.74) is -1.21. The molecular formula is C26H34O6. The number of ketones is 1. The van der Waals surface area contributed by atoms with E-state index >= 15 is 0 Å². The van der Waals surface area contributed by atoms with Gasteiger partial charge in [0.1, 0.15) is 5.76 Å². The molecule has 0 heterocycles. The average Bonchev–Trinajstić information content (AvgIpc) is 2.89. The summed E-state index contributed by atoms with van der Waals surface area (Å²) in [6.07, 6.45) is 9.20. The maximum atomic E-state index is 13.0. The summed E-state index contributed by atoms with van der Waals surface area (Å²) in [7, 11) is 0. The molecule has 8 atom stereocenters. The molecule has 32 heavy (non-hydrogen) atoms. The van der Waals surface area contributed by atoms with Crippen LogP contribution in [-0.4, -0.2) is 34.5 Å². The number of esters is 2. The second-order valence-corrected chi connectivity index (χ2v) is 10.7. The maximum Gasteiger partial charge on any atom is 0.308 e. The lowest BCUT2D eigenvalue weighted by Gasteiger charge is -2.59. The third kappa shape index (κ3) is 2.98. The van der Waals surface area contributed by atoms with Crippen molar-refractivity contribution in [1.82, 2.24) is 0 Å². The van der Waals surface area contributed by atoms with Crippen molar-refractivity contribution in [2.75, 3.05) is 0 Å². The van der Waals surface area contributed by atoms with Crippen LogP contribution in [0.2, 0.25) is 0 Å². The van der Waals surface area contributed by atoms with Gasteiger partial charge in [-0.15, -0.1) is 0 Å². The minimum atomic E-state index is -1.22. The first-order chi connectivity index (χ1) is 14.9. The summed E-state index contributed by atoms with van der Waals surface area (Å²) < 4.78 is 11.2. The highest BCUT2D eigenvalue weighted by atomic mass is 16.6. The number of hydrogen-bond acceptors (Lipinski definition) is 6. The van der Waals surface area contributed by atoms with Crippen LogP contribution < -0.4 is 0 Å². The van der Waals surface area contributed by atoms with Gasteiger partial charge in [-0.1, -0.05) is 32.9 Å². The molecule has 0 aliphatic heterocycles. The van der Waals surface area contributed by atoms with E-state index in [-0.39, 0.29) is 35.4 Å². The molecule has 4 aliphatic carbocycles. The maximum absolute atomic E-state index is 13.0. The van der Waals surface area contributed by atoms with Gasteiger partial charge in [-0.2, -0.15) is 0 Å². The molecule has 6 heteroatoms. The van der Waals surface area contributed by atoms with Crippen molar-refractivity contribution in [2.45, 2.75) is 72.5 Å². The topological polar surface area (TPSA) is 89.9 Å². The first-order valence-corrected chi connectivity index (χ1v) is 11.6. The van der Waals surface area contributed by atoms with Crippen LogP contribution in [0.3, 0.4) is 0 Å². The lowest BCUT2D eigenvalue weighted by atomic mass is 9.47. The van der Waals surface area contributed by atoms with Gasteiger partial charge in [-0.25, -0.2) is 0 Å². The number of hydrogen-bond donors (Lipinski definition) is 1. The molecule has 0 bridgehead atoms. The van der Waals surface area contributed by atoms with Crippen LogP contribution in [0.1, 0.15) is 60.8 Å². The van der Waals surface area contributed by atoms with Gasteiger partial charge in [0.2, 0.25) is 0 Å². The lowest BCUT2D eigenvalue weighted by Crippen LogP contribution is -2.62. The van der Waals surface area contributed by atoms with Gasteiger partial charge < -0.3 is 14.6 Å². The lowest BCUT2D eigenvalue weighted by molar-refractivity contribution is -0.200. The smallest absolute Gasteiger partial charge is 0.308 e. The standard InChI is InChI=1S/C26H34O6/c1-14-11-21-20-8-7-18-12-19(31-16(3)28)9-10-24(18,5)23(20)22(30)13-25(21,6)26(14,15(2)27)32-17(4)29/h7,9-10,12,14,20-23,30H,8,11,13H2,1-6H3/t14-,20-,21-,22-,23-,24-,25-,26-/m0/s1. The molecule has 4 aliphatic rings. The van der Waals surface area contributed by atoms with E-state index in [1.165, 1.54) is 20.8 Å². The minimum Gasteiger partial charge on any atom is -0.450 e. The Kier molecular flexibility index (Phi) is 5.32. The second-order valence-electron chi connectivity index (χ2n) is 10.7. The van der Waals surface area contributed by atoms with Crippen molar-refractivity contribution in [2.24, 2.45) is 34.5 Å². The molecular weight excluding hydrogens is 408 g/mol. The molecule has 6 nitrogen and oxygen atoms in total. The fourth-order valence-corrected chi connectivity index (χ4v) is 7.90. The van der Waals surface area contributed by atoms with Gasteiger partial charge in [-0.05, 0) is 55.7 Å². The highest BCUT2D eigenvalue weighted by Gasteiger charge is 2.71. The van der Waals surface area contributed by atoms with Crippen molar-refractivity contribution < 1.29 is 29.0 Å². The summed E-state index contributed by atoms with van der Waals surface area (Å²) in [6.45, 7) is 10.4. The van der Waals surface area contributed by atoms with E-state index in [1.807, 2.05) is 32.1 Å². The summed E-state index contributed by atoms with van der Waals surface area (Å²) in [4.78, 5) is 36.5. The molecule has 0 spiro atoms. The molecule has 0 aromatic carbocycles. The zero-order valence-corrected chi connectivity index (χ0v) is 19.8. The molecule has 0 radical (unpaired) electrons. The molecule has 0 aromatic rings. The van der Waals surface area contributed by atoms with Crippen LogP contribution in [0.15, 0.2) is 35.6 Å². The Bertz CT molecular complexity index is 959. The number of aliphatic hydroxyl groups excluding tert-OH is 1. The van der Waals surface area contributed by atoms with E-state index in [2.05, 4.69) is 13.0 Å². The van der Waals surface area contributed by atoms with E-state index < -0.39 is 28.5 Å². The van der Waals surface area contributed by atoms with Gasteiger partial charge in [-0.3, -0.25) is 14.4 Å². The van der Waals surface area contributed by atoms with Crippen LogP contribution in [0.25, 0.3) is 0 Å². The molecule has 4 rings (SSSR count). The largest absolute Gasteiger partial charge is 0.450 e. The Morgan fingerprint density at radius 2 is 1.81 bits per heavy atom. The Balaban J connectivity index is 1.77. The number of ether oxygens (including phenoxy) is 2. The highest BCUT2D eigenvalue weighted by molar-refractivity contribution is 5.89. The van der Waals surface area contributed by atoms with Crippen molar-refractivity contribution >= 4 is 17.7 Å². The van der Waals surface area contributed by atoms with Crippen molar-refractivity contribution in [3.05, 3.63) is 35.6 Å². The first kappa shape index (κ1) is 23.0. The number of Topliss-reactive ketones (excluding diaryl/α,β-unsaturated/α-hetero) is 1. The Morgan fingerprint density at radius 3 is 2.41 bits per heavy atom. The predicted molar refractivity (Wildman–Crippen MR) is 118 cm³/mol. The first-order valence-electron chi connectivity index (χ1n) is 11.6. The van der Waals surface area contributed by atoms with E-state index in [9.17, 15) is 19.5 Å². The van der Waals surface area contributed by atoms with Crippen molar-refractivity contribution in [1.29, 1.82) is 0 Å². The quantitative estimate of drug-likeness (QED) is 0.667. The van der Waals surface area contributed by atoms with Crippen LogP contribution >= 0.6 is 0 Å². The fraction of sp³-hybridized carbons (Fsp3) is 0.654. The third-order valence-electron chi connectivity index (χ3n) is 8.90. The number of carbonyl (C=O) groups is 3. The molecule has 1 N–H and O–H groups in total. The molecule has 0 saturated heterocycles. The zero-order chi connectivity index (χ0) is 23.6. The Labute approximate surface area is 189 Å². The summed E-state index contributed by atoms with van der Waals surface area (Å²) in [6, 6.07) is 0. The van der Waals surface area contributed by atoms with Crippen LogP contribution in [0.5, 0.6) is 0 Å². The van der Waals surface area contributed by atoms with Gasteiger partial charge in [0.15, 0.2) is 11.4 Å². The van der Waals surface area contributed by atoms with Gasteiger partial charge in [0, 0.05) is 36.5 Å². The minimum absolute atomic E-state index is 0.0424. The number of aliphatic hydroxyl groups is 1. The Hall–Kier alpha value is -2.21. The van der Waals surface area contributed by atoms with Crippen LogP contribution in [0, 0.1) is 34.5 Å². The number of rotatable bonds is 3. The molecule has 0 unspecified atom stereocenters. The van der Waals surface area contributed by atoms with E-state index in [0.29, 0.717) is 12.2 Å². The van der Waals surface area contributed by atoms with E-state index in [1.54, 1.807) is 0 Å².